The molecule has 1 aromatic rings. The first kappa shape index (κ1) is 19.8. The van der Waals surface area contributed by atoms with E-state index in [1.807, 2.05) is 34.6 Å². The lowest BCUT2D eigenvalue weighted by atomic mass is 9.75. The Morgan fingerprint density at radius 2 is 1.85 bits per heavy atom. The van der Waals surface area contributed by atoms with Gasteiger partial charge in [0, 0.05) is 19.1 Å². The summed E-state index contributed by atoms with van der Waals surface area (Å²) in [6, 6.07) is 4.55. The average molecular weight is 383 g/mol. The molecule has 1 atom stereocenters. The number of rotatable bonds is 3. The Balaban J connectivity index is 1.86. The minimum Gasteiger partial charge on any atom is -0.399 e. The zero-order valence-corrected chi connectivity index (χ0v) is 16.9. The van der Waals surface area contributed by atoms with Crippen LogP contribution in [-0.4, -0.2) is 55.7 Å². The fraction of sp³-hybridized carbons (Fsp3) is 0.667. The van der Waals surface area contributed by atoms with Gasteiger partial charge in [-0.25, -0.2) is 12.8 Å². The maximum Gasteiger partial charge on any atom is 0.495 e. The molecule has 2 heterocycles. The van der Waals surface area contributed by atoms with Gasteiger partial charge in [0.2, 0.25) is 0 Å². The van der Waals surface area contributed by atoms with Crippen molar-refractivity contribution in [3.63, 3.8) is 0 Å². The second kappa shape index (κ2) is 6.58. The van der Waals surface area contributed by atoms with E-state index in [9.17, 15) is 12.8 Å². The molecule has 0 amide bonds. The molecule has 1 aromatic carbocycles. The Morgan fingerprint density at radius 3 is 2.42 bits per heavy atom. The molecule has 2 aliphatic rings. The van der Waals surface area contributed by atoms with Gasteiger partial charge in [0.25, 0.3) is 0 Å². The SMILES string of the molecule is CC1CS(=O)(=O)CCN1Cc1ccc(F)cc1B1OC(C)(C)C(C)(C)O1. The van der Waals surface area contributed by atoms with Crippen LogP contribution in [0.3, 0.4) is 0 Å². The highest BCUT2D eigenvalue weighted by atomic mass is 32.2. The molecule has 26 heavy (non-hydrogen) atoms. The van der Waals surface area contributed by atoms with Crippen molar-refractivity contribution < 1.29 is 22.1 Å². The van der Waals surface area contributed by atoms with Crippen LogP contribution in [-0.2, 0) is 25.7 Å². The Morgan fingerprint density at radius 1 is 1.23 bits per heavy atom. The van der Waals surface area contributed by atoms with Gasteiger partial charge in [0.1, 0.15) is 5.82 Å². The smallest absolute Gasteiger partial charge is 0.399 e. The molecule has 2 aliphatic heterocycles. The van der Waals surface area contributed by atoms with Gasteiger partial charge in [-0.2, -0.15) is 0 Å². The van der Waals surface area contributed by atoms with Crippen molar-refractivity contribution in [3.8, 4) is 0 Å². The lowest BCUT2D eigenvalue weighted by Crippen LogP contribution is -2.47. The standard InChI is InChI=1S/C18H27BFNO4S/c1-13-12-26(22,23)9-8-21(13)11-14-6-7-15(20)10-16(14)19-24-17(2,3)18(4,5)25-19/h6-7,10,13H,8-9,11-12H2,1-5H3. The van der Waals surface area contributed by atoms with E-state index < -0.39 is 28.2 Å². The van der Waals surface area contributed by atoms with Gasteiger partial charge in [-0.1, -0.05) is 6.07 Å². The third kappa shape index (κ3) is 3.83. The predicted octanol–water partition coefficient (Wildman–Crippen LogP) is 1.74. The second-order valence-electron chi connectivity index (χ2n) is 8.37. The van der Waals surface area contributed by atoms with E-state index >= 15 is 0 Å². The molecular weight excluding hydrogens is 356 g/mol. The summed E-state index contributed by atoms with van der Waals surface area (Å²) in [5.74, 6) is -0.0302. The summed E-state index contributed by atoms with van der Waals surface area (Å²) in [6.07, 6.45) is 0. The molecule has 5 nitrogen and oxygen atoms in total. The molecule has 144 valence electrons. The Kier molecular flexibility index (Phi) is 5.01. The number of benzene rings is 1. The minimum absolute atomic E-state index is 0.0788. The molecule has 2 fully saturated rings. The normalized spacial score (nSPS) is 27.6. The van der Waals surface area contributed by atoms with Gasteiger partial charge in [-0.05, 0) is 57.8 Å². The second-order valence-corrected chi connectivity index (χ2v) is 10.6. The lowest BCUT2D eigenvalue weighted by molar-refractivity contribution is 0.00578. The van der Waals surface area contributed by atoms with E-state index in [4.69, 9.17) is 9.31 Å². The van der Waals surface area contributed by atoms with E-state index in [-0.39, 0.29) is 23.4 Å². The first-order valence-corrected chi connectivity index (χ1v) is 10.8. The highest BCUT2D eigenvalue weighted by Crippen LogP contribution is 2.36. The molecule has 0 N–H and O–H groups in total. The number of halogens is 1. The summed E-state index contributed by atoms with van der Waals surface area (Å²) in [4.78, 5) is 2.11. The first-order chi connectivity index (χ1) is 11.9. The van der Waals surface area contributed by atoms with E-state index in [0.29, 0.717) is 18.6 Å². The molecule has 0 aromatic heterocycles. The lowest BCUT2D eigenvalue weighted by Gasteiger charge is -2.33. The summed E-state index contributed by atoms with van der Waals surface area (Å²) >= 11 is 0. The fourth-order valence-electron chi connectivity index (χ4n) is 3.39. The van der Waals surface area contributed by atoms with Crippen LogP contribution in [0.5, 0.6) is 0 Å². The van der Waals surface area contributed by atoms with Crippen molar-refractivity contribution >= 4 is 22.4 Å². The molecular formula is C18H27BFNO4S. The van der Waals surface area contributed by atoms with E-state index in [1.54, 1.807) is 6.07 Å². The molecule has 2 saturated heterocycles. The van der Waals surface area contributed by atoms with Crippen LogP contribution in [0, 0.1) is 5.82 Å². The van der Waals surface area contributed by atoms with Gasteiger partial charge in [0.05, 0.1) is 22.7 Å². The van der Waals surface area contributed by atoms with Crippen molar-refractivity contribution in [2.24, 2.45) is 0 Å². The number of sulfone groups is 1. The van der Waals surface area contributed by atoms with Crippen LogP contribution < -0.4 is 5.46 Å². The van der Waals surface area contributed by atoms with E-state index in [2.05, 4.69) is 4.90 Å². The molecule has 0 bridgehead atoms. The molecule has 0 aliphatic carbocycles. The number of hydrogen-bond acceptors (Lipinski definition) is 5. The summed E-state index contributed by atoms with van der Waals surface area (Å²) in [5.41, 5.74) is 0.557. The monoisotopic (exact) mass is 383 g/mol. The van der Waals surface area contributed by atoms with Gasteiger partial charge >= 0.3 is 7.12 Å². The van der Waals surface area contributed by atoms with Crippen LogP contribution in [0.4, 0.5) is 4.39 Å². The van der Waals surface area contributed by atoms with Crippen LogP contribution in [0.1, 0.15) is 40.2 Å². The number of hydrogen-bond donors (Lipinski definition) is 0. The topological polar surface area (TPSA) is 55.8 Å². The van der Waals surface area contributed by atoms with Crippen LogP contribution >= 0.6 is 0 Å². The minimum atomic E-state index is -2.97. The average Bonchev–Trinajstić information content (AvgIpc) is 2.71. The summed E-state index contributed by atoms with van der Waals surface area (Å²) in [5, 5.41) is 0. The molecule has 8 heteroatoms. The van der Waals surface area contributed by atoms with Crippen molar-refractivity contribution in [2.75, 3.05) is 18.1 Å². The van der Waals surface area contributed by atoms with E-state index in [1.165, 1.54) is 12.1 Å². The third-order valence-corrected chi connectivity index (χ3v) is 7.59. The highest BCUT2D eigenvalue weighted by molar-refractivity contribution is 7.91. The van der Waals surface area contributed by atoms with Crippen LogP contribution in [0.25, 0.3) is 0 Å². The molecule has 0 saturated carbocycles. The van der Waals surface area contributed by atoms with E-state index in [0.717, 1.165) is 5.56 Å². The van der Waals surface area contributed by atoms with Gasteiger partial charge < -0.3 is 9.31 Å². The quantitative estimate of drug-likeness (QED) is 0.745. The van der Waals surface area contributed by atoms with Gasteiger partial charge in [0.15, 0.2) is 9.84 Å². The van der Waals surface area contributed by atoms with Crippen LogP contribution in [0.15, 0.2) is 18.2 Å². The number of nitrogens with zero attached hydrogens (tertiary/aromatic N) is 1. The largest absolute Gasteiger partial charge is 0.495 e. The summed E-state index contributed by atoms with van der Waals surface area (Å²) < 4.78 is 49.7. The van der Waals surface area contributed by atoms with Crippen molar-refractivity contribution in [2.45, 2.75) is 58.4 Å². The Bertz CT molecular complexity index is 780. The summed E-state index contributed by atoms with van der Waals surface area (Å²) in [7, 11) is -3.62. The van der Waals surface area contributed by atoms with Crippen molar-refractivity contribution in [1.29, 1.82) is 0 Å². The zero-order chi connectivity index (χ0) is 19.3. The third-order valence-electron chi connectivity index (χ3n) is 5.80. The highest BCUT2D eigenvalue weighted by Gasteiger charge is 2.52. The van der Waals surface area contributed by atoms with Crippen molar-refractivity contribution in [1.82, 2.24) is 4.90 Å². The van der Waals surface area contributed by atoms with Crippen molar-refractivity contribution in [3.05, 3.63) is 29.6 Å². The molecule has 3 rings (SSSR count). The summed E-state index contributed by atoms with van der Waals surface area (Å²) in [6.45, 7) is 10.8. The predicted molar refractivity (Wildman–Crippen MR) is 101 cm³/mol. The maximum absolute atomic E-state index is 13.9. The fourth-order valence-corrected chi connectivity index (χ4v) is 5.01. The zero-order valence-electron chi connectivity index (χ0n) is 16.1. The Hall–Kier alpha value is -0.955. The molecule has 0 spiro atoms. The molecule has 1 unspecified atom stereocenters. The van der Waals surface area contributed by atoms with Crippen LogP contribution in [0.2, 0.25) is 0 Å². The first-order valence-electron chi connectivity index (χ1n) is 8.99. The maximum atomic E-state index is 13.9. The Labute approximate surface area is 155 Å². The van der Waals surface area contributed by atoms with Gasteiger partial charge in [-0.3, -0.25) is 4.90 Å². The molecule has 0 radical (unpaired) electrons. The van der Waals surface area contributed by atoms with Gasteiger partial charge in [-0.15, -0.1) is 0 Å².